The zero-order valence-corrected chi connectivity index (χ0v) is 12.5. The summed E-state index contributed by atoms with van der Waals surface area (Å²) >= 11 is 0. The molecule has 0 aliphatic carbocycles. The lowest BCUT2D eigenvalue weighted by atomic mass is 10.2. The van der Waals surface area contributed by atoms with Gasteiger partial charge < -0.3 is 14.8 Å². The summed E-state index contributed by atoms with van der Waals surface area (Å²) in [7, 11) is 1.27. The van der Waals surface area contributed by atoms with Crippen molar-refractivity contribution in [3.63, 3.8) is 0 Å². The molecule has 21 heavy (non-hydrogen) atoms. The Hall–Kier alpha value is -2.38. The van der Waals surface area contributed by atoms with Gasteiger partial charge in [-0.2, -0.15) is 0 Å². The van der Waals surface area contributed by atoms with Crippen molar-refractivity contribution in [2.45, 2.75) is 26.4 Å². The van der Waals surface area contributed by atoms with E-state index < -0.39 is 17.7 Å². The lowest BCUT2D eigenvalue weighted by Gasteiger charge is -2.31. The summed E-state index contributed by atoms with van der Waals surface area (Å²) in [4.78, 5) is 33.3. The molecule has 1 aromatic heterocycles. The van der Waals surface area contributed by atoms with Crippen LogP contribution in [0.25, 0.3) is 0 Å². The molecule has 0 fully saturated rings. The highest BCUT2D eigenvalue weighted by atomic mass is 16.6. The van der Waals surface area contributed by atoms with Crippen LogP contribution < -0.4 is 10.2 Å². The Bertz CT molecular complexity index is 568. The SMILES string of the molecule is COC(=O)c1ncnc2c1NCCN2C(=O)OC(C)(C)C. The van der Waals surface area contributed by atoms with Crippen molar-refractivity contribution in [1.82, 2.24) is 9.97 Å². The van der Waals surface area contributed by atoms with Crippen molar-refractivity contribution in [3.8, 4) is 0 Å². The van der Waals surface area contributed by atoms with Gasteiger partial charge in [0.05, 0.1) is 7.11 Å². The molecule has 1 amide bonds. The first-order chi connectivity index (χ1) is 9.83. The van der Waals surface area contributed by atoms with Crippen LogP contribution in [0.3, 0.4) is 0 Å². The number of amides is 1. The summed E-state index contributed by atoms with van der Waals surface area (Å²) in [6.45, 7) is 6.21. The van der Waals surface area contributed by atoms with Crippen LogP contribution in [-0.2, 0) is 9.47 Å². The largest absolute Gasteiger partial charge is 0.464 e. The normalized spacial score (nSPS) is 14.0. The Morgan fingerprint density at radius 1 is 1.33 bits per heavy atom. The van der Waals surface area contributed by atoms with Crippen molar-refractivity contribution in [1.29, 1.82) is 0 Å². The van der Waals surface area contributed by atoms with E-state index in [9.17, 15) is 9.59 Å². The zero-order chi connectivity index (χ0) is 15.6. The van der Waals surface area contributed by atoms with Crippen LogP contribution >= 0.6 is 0 Å². The summed E-state index contributed by atoms with van der Waals surface area (Å²) in [5.41, 5.74) is -0.141. The summed E-state index contributed by atoms with van der Waals surface area (Å²) < 4.78 is 10.0. The highest BCUT2D eigenvalue weighted by Crippen LogP contribution is 2.30. The Morgan fingerprint density at radius 2 is 2.05 bits per heavy atom. The van der Waals surface area contributed by atoms with Gasteiger partial charge in [0.2, 0.25) is 0 Å². The lowest BCUT2D eigenvalue weighted by molar-refractivity contribution is 0.0569. The topological polar surface area (TPSA) is 93.6 Å². The molecule has 0 saturated heterocycles. The Labute approximate surface area is 122 Å². The van der Waals surface area contributed by atoms with Crippen molar-refractivity contribution >= 4 is 23.6 Å². The van der Waals surface area contributed by atoms with Gasteiger partial charge in [0, 0.05) is 13.1 Å². The van der Waals surface area contributed by atoms with Gasteiger partial charge in [0.1, 0.15) is 17.6 Å². The first-order valence-corrected chi connectivity index (χ1v) is 6.51. The van der Waals surface area contributed by atoms with Crippen LogP contribution in [0.2, 0.25) is 0 Å². The average Bonchev–Trinajstić information content (AvgIpc) is 2.43. The van der Waals surface area contributed by atoms with Crippen molar-refractivity contribution in [3.05, 3.63) is 12.0 Å². The number of hydrogen-bond acceptors (Lipinski definition) is 7. The van der Waals surface area contributed by atoms with E-state index in [0.29, 0.717) is 24.6 Å². The number of carbonyl (C=O) groups is 2. The number of ether oxygens (including phenoxy) is 2. The lowest BCUT2D eigenvalue weighted by Crippen LogP contribution is -2.43. The molecule has 0 bridgehead atoms. The number of rotatable bonds is 1. The van der Waals surface area contributed by atoms with Gasteiger partial charge in [-0.3, -0.25) is 4.90 Å². The summed E-state index contributed by atoms with van der Waals surface area (Å²) in [6, 6.07) is 0. The Morgan fingerprint density at radius 3 is 2.67 bits per heavy atom. The van der Waals surface area contributed by atoms with Crippen LogP contribution in [0.15, 0.2) is 6.33 Å². The fourth-order valence-electron chi connectivity index (χ4n) is 1.89. The fraction of sp³-hybridized carbons (Fsp3) is 0.538. The molecule has 8 heteroatoms. The molecule has 0 atom stereocenters. The monoisotopic (exact) mass is 294 g/mol. The number of anilines is 2. The third-order valence-corrected chi connectivity index (χ3v) is 2.71. The van der Waals surface area contributed by atoms with Gasteiger partial charge in [-0.25, -0.2) is 19.6 Å². The second kappa shape index (κ2) is 5.55. The number of hydrogen-bond donors (Lipinski definition) is 1. The third kappa shape index (κ3) is 3.21. The Kier molecular flexibility index (Phi) is 3.97. The van der Waals surface area contributed by atoms with Gasteiger partial charge in [-0.05, 0) is 20.8 Å². The van der Waals surface area contributed by atoms with Crippen LogP contribution in [0, 0.1) is 0 Å². The number of fused-ring (bicyclic) bond motifs is 1. The zero-order valence-electron chi connectivity index (χ0n) is 12.5. The Balaban J connectivity index is 2.36. The summed E-state index contributed by atoms with van der Waals surface area (Å²) in [5.74, 6) is -0.280. The minimum Gasteiger partial charge on any atom is -0.464 e. The minimum atomic E-state index is -0.611. The van der Waals surface area contributed by atoms with E-state index in [1.807, 2.05) is 0 Å². The van der Waals surface area contributed by atoms with Crippen molar-refractivity contribution < 1.29 is 19.1 Å². The predicted octanol–water partition coefficient (Wildman–Crippen LogP) is 1.43. The standard InChI is InChI=1S/C13H18N4O4/c1-13(2,3)21-12(19)17-6-5-14-8-9(11(18)20-4)15-7-16-10(8)17/h7,14H,5-6H2,1-4H3. The van der Waals surface area contributed by atoms with Gasteiger partial charge in [0.15, 0.2) is 11.5 Å². The molecule has 1 aliphatic heterocycles. The molecule has 8 nitrogen and oxygen atoms in total. The van der Waals surface area contributed by atoms with Crippen LogP contribution in [0.5, 0.6) is 0 Å². The molecule has 1 aromatic rings. The van der Waals surface area contributed by atoms with Gasteiger partial charge in [-0.15, -0.1) is 0 Å². The predicted molar refractivity (Wildman–Crippen MR) is 75.4 cm³/mol. The maximum Gasteiger partial charge on any atom is 0.416 e. The quantitative estimate of drug-likeness (QED) is 0.783. The molecule has 0 unspecified atom stereocenters. The molecule has 0 radical (unpaired) electrons. The number of esters is 1. The summed E-state index contributed by atoms with van der Waals surface area (Å²) in [6.07, 6.45) is 0.704. The molecular formula is C13H18N4O4. The second-order valence-electron chi connectivity index (χ2n) is 5.47. The van der Waals surface area contributed by atoms with Crippen molar-refractivity contribution in [2.75, 3.05) is 30.4 Å². The number of carbonyl (C=O) groups excluding carboxylic acids is 2. The molecular weight excluding hydrogens is 276 g/mol. The minimum absolute atomic E-state index is 0.0933. The second-order valence-corrected chi connectivity index (χ2v) is 5.47. The summed E-state index contributed by atoms with van der Waals surface area (Å²) in [5, 5.41) is 3.02. The molecule has 2 rings (SSSR count). The fourth-order valence-corrected chi connectivity index (χ4v) is 1.89. The molecule has 2 heterocycles. The van der Waals surface area contributed by atoms with E-state index in [0.717, 1.165) is 0 Å². The first-order valence-electron chi connectivity index (χ1n) is 6.51. The highest BCUT2D eigenvalue weighted by Gasteiger charge is 2.31. The van der Waals surface area contributed by atoms with E-state index in [1.54, 1.807) is 20.8 Å². The molecule has 0 saturated carbocycles. The molecule has 0 spiro atoms. The first kappa shape index (κ1) is 15.0. The number of nitrogens with zero attached hydrogens (tertiary/aromatic N) is 3. The van der Waals surface area contributed by atoms with Gasteiger partial charge in [-0.1, -0.05) is 0 Å². The molecule has 1 aliphatic rings. The smallest absolute Gasteiger partial charge is 0.416 e. The van der Waals surface area contributed by atoms with E-state index >= 15 is 0 Å². The average molecular weight is 294 g/mol. The van der Waals surface area contributed by atoms with E-state index in [-0.39, 0.29) is 5.69 Å². The van der Waals surface area contributed by atoms with Gasteiger partial charge >= 0.3 is 12.1 Å². The maximum absolute atomic E-state index is 12.2. The number of aromatic nitrogens is 2. The van der Waals surface area contributed by atoms with E-state index in [2.05, 4.69) is 20.0 Å². The van der Waals surface area contributed by atoms with Crippen LogP contribution in [-0.4, -0.2) is 47.8 Å². The van der Waals surface area contributed by atoms with E-state index in [4.69, 9.17) is 4.74 Å². The highest BCUT2D eigenvalue weighted by molar-refractivity contribution is 6.00. The van der Waals surface area contributed by atoms with E-state index in [1.165, 1.54) is 18.3 Å². The number of methoxy groups -OCH3 is 1. The molecule has 0 aromatic carbocycles. The van der Waals surface area contributed by atoms with Crippen molar-refractivity contribution in [2.24, 2.45) is 0 Å². The van der Waals surface area contributed by atoms with Gasteiger partial charge in [0.25, 0.3) is 0 Å². The molecule has 1 N–H and O–H groups in total. The molecule has 114 valence electrons. The number of nitrogens with one attached hydrogen (secondary N) is 1. The van der Waals surface area contributed by atoms with Crippen LogP contribution in [0.1, 0.15) is 31.3 Å². The maximum atomic E-state index is 12.2. The van der Waals surface area contributed by atoms with Crippen LogP contribution in [0.4, 0.5) is 16.3 Å². The third-order valence-electron chi connectivity index (χ3n) is 2.71.